The van der Waals surface area contributed by atoms with Gasteiger partial charge in [-0.15, -0.1) is 0 Å². The van der Waals surface area contributed by atoms with Crippen LogP contribution in [-0.2, 0) is 4.74 Å². The summed E-state index contributed by atoms with van der Waals surface area (Å²) in [6.45, 7) is 7.79. The minimum absolute atomic E-state index is 0.158. The molecule has 0 spiro atoms. The number of ether oxygens (including phenoxy) is 1. The van der Waals surface area contributed by atoms with Crippen LogP contribution in [0, 0.1) is 5.92 Å². The number of morpholine rings is 1. The first-order valence-electron chi connectivity index (χ1n) is 10.2. The fraction of sp³-hybridized carbons (Fsp3) is 0.391. The highest BCUT2D eigenvalue weighted by Crippen LogP contribution is 2.27. The second-order valence-corrected chi connectivity index (χ2v) is 7.59. The van der Waals surface area contributed by atoms with E-state index in [1.165, 1.54) is 0 Å². The van der Waals surface area contributed by atoms with Crippen LogP contribution in [0.2, 0.25) is 0 Å². The first kappa shape index (κ1) is 20.9. The van der Waals surface area contributed by atoms with Crippen LogP contribution in [-0.4, -0.2) is 44.7 Å². The van der Waals surface area contributed by atoms with Crippen molar-refractivity contribution in [1.82, 2.24) is 5.32 Å². The highest BCUT2D eigenvalue weighted by Gasteiger charge is 2.17. The predicted octanol–water partition coefficient (Wildman–Crippen LogP) is 3.55. The van der Waals surface area contributed by atoms with Crippen LogP contribution < -0.4 is 15.5 Å². The molecule has 29 heavy (non-hydrogen) atoms. The van der Waals surface area contributed by atoms with Gasteiger partial charge in [0.25, 0.3) is 11.8 Å². The molecule has 154 valence electrons. The van der Waals surface area contributed by atoms with E-state index in [0.717, 1.165) is 30.9 Å². The third kappa shape index (κ3) is 5.81. The molecule has 1 saturated heterocycles. The van der Waals surface area contributed by atoms with E-state index < -0.39 is 0 Å². The van der Waals surface area contributed by atoms with E-state index in [-0.39, 0.29) is 11.8 Å². The van der Waals surface area contributed by atoms with Gasteiger partial charge in [-0.25, -0.2) is 0 Å². The molecular formula is C23H29N3O3. The average Bonchev–Trinajstić information content (AvgIpc) is 2.74. The Bertz CT molecular complexity index is 845. The van der Waals surface area contributed by atoms with E-state index >= 15 is 0 Å². The molecule has 0 saturated carbocycles. The second-order valence-electron chi connectivity index (χ2n) is 7.59. The number of nitrogens with one attached hydrogen (secondary N) is 2. The van der Waals surface area contributed by atoms with Gasteiger partial charge >= 0.3 is 0 Å². The summed E-state index contributed by atoms with van der Waals surface area (Å²) in [5.74, 6) is 0.135. The fourth-order valence-corrected chi connectivity index (χ4v) is 3.23. The van der Waals surface area contributed by atoms with Crippen molar-refractivity contribution in [1.29, 1.82) is 0 Å². The summed E-state index contributed by atoms with van der Waals surface area (Å²) in [5, 5.41) is 5.90. The maximum Gasteiger partial charge on any atom is 0.255 e. The van der Waals surface area contributed by atoms with Crippen molar-refractivity contribution in [2.24, 2.45) is 5.92 Å². The number of rotatable bonds is 7. The average molecular weight is 396 g/mol. The molecule has 1 heterocycles. The van der Waals surface area contributed by atoms with Crippen LogP contribution in [0.25, 0.3) is 0 Å². The molecule has 6 nitrogen and oxygen atoms in total. The van der Waals surface area contributed by atoms with Gasteiger partial charge in [0.05, 0.1) is 24.6 Å². The van der Waals surface area contributed by atoms with Crippen molar-refractivity contribution in [3.05, 3.63) is 59.7 Å². The Morgan fingerprint density at radius 2 is 1.69 bits per heavy atom. The number of amides is 2. The molecule has 1 aliphatic heterocycles. The number of hydrogen-bond acceptors (Lipinski definition) is 4. The highest BCUT2D eigenvalue weighted by atomic mass is 16.5. The second kappa shape index (κ2) is 10.1. The first-order valence-corrected chi connectivity index (χ1v) is 10.2. The standard InChI is InChI=1S/C23H29N3O3/c1-17(2)10-11-24-22(27)18-6-5-7-19(16-18)23(28)25-20-8-3-4-9-21(20)26-12-14-29-15-13-26/h3-9,16-17H,10-15H2,1-2H3,(H,24,27)(H,25,28). The summed E-state index contributed by atoms with van der Waals surface area (Å²) in [6.07, 6.45) is 0.921. The molecule has 0 aliphatic carbocycles. The molecule has 0 atom stereocenters. The van der Waals surface area contributed by atoms with Crippen LogP contribution in [0.4, 0.5) is 11.4 Å². The van der Waals surface area contributed by atoms with Gasteiger partial charge in [0.1, 0.15) is 0 Å². The SMILES string of the molecule is CC(C)CCNC(=O)c1cccc(C(=O)Nc2ccccc2N2CCOCC2)c1. The van der Waals surface area contributed by atoms with Crippen LogP contribution in [0.15, 0.2) is 48.5 Å². The number of carbonyl (C=O) groups excluding carboxylic acids is 2. The molecule has 0 aromatic heterocycles. The van der Waals surface area contributed by atoms with E-state index in [1.807, 2.05) is 24.3 Å². The van der Waals surface area contributed by atoms with Gasteiger partial charge in [-0.2, -0.15) is 0 Å². The Hall–Kier alpha value is -2.86. The predicted molar refractivity (Wildman–Crippen MR) is 116 cm³/mol. The van der Waals surface area contributed by atoms with Crippen LogP contribution in [0.3, 0.4) is 0 Å². The van der Waals surface area contributed by atoms with Crippen LogP contribution in [0.1, 0.15) is 41.0 Å². The van der Waals surface area contributed by atoms with E-state index in [2.05, 4.69) is 29.4 Å². The minimum atomic E-state index is -0.234. The smallest absolute Gasteiger partial charge is 0.255 e. The Kier molecular flexibility index (Phi) is 7.25. The molecule has 1 aliphatic rings. The highest BCUT2D eigenvalue weighted by molar-refractivity contribution is 6.07. The summed E-state index contributed by atoms with van der Waals surface area (Å²) >= 11 is 0. The molecule has 0 radical (unpaired) electrons. The maximum atomic E-state index is 12.8. The van der Waals surface area contributed by atoms with Crippen molar-refractivity contribution in [2.75, 3.05) is 43.1 Å². The molecule has 0 unspecified atom stereocenters. The van der Waals surface area contributed by atoms with Crippen molar-refractivity contribution in [3.63, 3.8) is 0 Å². The molecule has 1 fully saturated rings. The van der Waals surface area contributed by atoms with Gasteiger partial charge in [0.2, 0.25) is 0 Å². The zero-order valence-corrected chi connectivity index (χ0v) is 17.1. The molecule has 2 N–H and O–H groups in total. The van der Waals surface area contributed by atoms with Gasteiger partial charge in [-0.1, -0.05) is 32.0 Å². The molecule has 0 bridgehead atoms. The van der Waals surface area contributed by atoms with Gasteiger partial charge in [0, 0.05) is 30.8 Å². The Labute approximate surface area is 172 Å². The Morgan fingerprint density at radius 3 is 2.41 bits per heavy atom. The summed E-state index contributed by atoms with van der Waals surface area (Å²) < 4.78 is 5.42. The number of para-hydroxylation sites is 2. The lowest BCUT2D eigenvalue weighted by Crippen LogP contribution is -2.36. The number of benzene rings is 2. The summed E-state index contributed by atoms with van der Waals surface area (Å²) in [7, 11) is 0. The molecule has 2 amide bonds. The van der Waals surface area contributed by atoms with E-state index in [9.17, 15) is 9.59 Å². The van der Waals surface area contributed by atoms with Crippen LogP contribution >= 0.6 is 0 Å². The van der Waals surface area contributed by atoms with Crippen molar-refractivity contribution >= 4 is 23.2 Å². The molecule has 2 aromatic rings. The minimum Gasteiger partial charge on any atom is -0.378 e. The maximum absolute atomic E-state index is 12.8. The zero-order valence-electron chi connectivity index (χ0n) is 17.1. The summed E-state index contributed by atoms with van der Waals surface area (Å²) in [5.41, 5.74) is 2.68. The Balaban J connectivity index is 1.69. The zero-order chi connectivity index (χ0) is 20.6. The van der Waals surface area contributed by atoms with Gasteiger partial charge < -0.3 is 20.3 Å². The number of carbonyl (C=O) groups is 2. The largest absolute Gasteiger partial charge is 0.378 e. The lowest BCUT2D eigenvalue weighted by molar-refractivity contribution is 0.0952. The quantitative estimate of drug-likeness (QED) is 0.752. The first-order chi connectivity index (χ1) is 14.0. The third-order valence-electron chi connectivity index (χ3n) is 4.90. The molecule has 3 rings (SSSR count). The van der Waals surface area contributed by atoms with Crippen molar-refractivity contribution in [3.8, 4) is 0 Å². The van der Waals surface area contributed by atoms with E-state index in [0.29, 0.717) is 36.8 Å². The van der Waals surface area contributed by atoms with Gasteiger partial charge in [-0.3, -0.25) is 9.59 Å². The third-order valence-corrected chi connectivity index (χ3v) is 4.90. The number of hydrogen-bond donors (Lipinski definition) is 2. The van der Waals surface area contributed by atoms with Crippen LogP contribution in [0.5, 0.6) is 0 Å². The fourth-order valence-electron chi connectivity index (χ4n) is 3.23. The summed E-state index contributed by atoms with van der Waals surface area (Å²) in [4.78, 5) is 27.4. The topological polar surface area (TPSA) is 70.7 Å². The Morgan fingerprint density at radius 1 is 1.00 bits per heavy atom. The lowest BCUT2D eigenvalue weighted by atomic mass is 10.1. The van der Waals surface area contributed by atoms with E-state index in [4.69, 9.17) is 4.74 Å². The molecule has 6 heteroatoms. The molecular weight excluding hydrogens is 366 g/mol. The van der Waals surface area contributed by atoms with Crippen molar-refractivity contribution < 1.29 is 14.3 Å². The van der Waals surface area contributed by atoms with Gasteiger partial charge in [0.15, 0.2) is 0 Å². The number of nitrogens with zero attached hydrogens (tertiary/aromatic N) is 1. The molecule has 2 aromatic carbocycles. The van der Waals surface area contributed by atoms with Gasteiger partial charge in [-0.05, 0) is 42.7 Å². The van der Waals surface area contributed by atoms with Crippen molar-refractivity contribution in [2.45, 2.75) is 20.3 Å². The summed E-state index contributed by atoms with van der Waals surface area (Å²) in [6, 6.07) is 14.6. The monoisotopic (exact) mass is 395 g/mol. The van der Waals surface area contributed by atoms with E-state index in [1.54, 1.807) is 24.3 Å². The number of anilines is 2. The normalized spacial score (nSPS) is 14.0. The lowest BCUT2D eigenvalue weighted by Gasteiger charge is -2.30.